The molecular formula is C31H33NO4S2. The van der Waals surface area contributed by atoms with Gasteiger partial charge in [-0.15, -0.1) is 0 Å². The summed E-state index contributed by atoms with van der Waals surface area (Å²) in [4.78, 5) is 15.2. The number of nitrogens with zero attached hydrogens (tertiary/aromatic N) is 1. The maximum absolute atomic E-state index is 13.0. The highest BCUT2D eigenvalue weighted by molar-refractivity contribution is 8.26. The fraction of sp³-hybridized carbons (Fsp3) is 0.290. The minimum atomic E-state index is -0.0855. The molecule has 3 aromatic rings. The van der Waals surface area contributed by atoms with Crippen LogP contribution < -0.4 is 14.2 Å². The van der Waals surface area contributed by atoms with Crippen molar-refractivity contribution in [2.75, 3.05) is 20.3 Å². The number of ether oxygens (including phenoxy) is 3. The maximum atomic E-state index is 13.0. The summed E-state index contributed by atoms with van der Waals surface area (Å²) in [5.41, 5.74) is 3.22. The first-order chi connectivity index (χ1) is 18.5. The predicted molar refractivity (Wildman–Crippen MR) is 159 cm³/mol. The SMILES string of the molecule is CCC(C)c1ccc(OCCCOc2ccc(C=C3SC(=S)N(Cc4ccccc4)C3=O)cc2OC)cc1. The van der Waals surface area contributed by atoms with E-state index in [1.165, 1.54) is 17.3 Å². The topological polar surface area (TPSA) is 48.0 Å². The Bertz CT molecular complexity index is 1270. The molecule has 1 saturated heterocycles. The van der Waals surface area contributed by atoms with Crippen molar-refractivity contribution in [1.82, 2.24) is 4.90 Å². The smallest absolute Gasteiger partial charge is 0.266 e. The lowest BCUT2D eigenvalue weighted by Gasteiger charge is -2.14. The molecule has 0 spiro atoms. The van der Waals surface area contributed by atoms with Crippen LogP contribution in [0.25, 0.3) is 6.08 Å². The van der Waals surface area contributed by atoms with Crippen molar-refractivity contribution in [3.63, 3.8) is 0 Å². The lowest BCUT2D eigenvalue weighted by molar-refractivity contribution is -0.122. The Morgan fingerprint density at radius 1 is 0.974 bits per heavy atom. The average molecular weight is 548 g/mol. The lowest BCUT2D eigenvalue weighted by atomic mass is 9.99. The van der Waals surface area contributed by atoms with Crippen molar-refractivity contribution in [2.45, 2.75) is 39.2 Å². The Morgan fingerprint density at radius 2 is 1.71 bits per heavy atom. The van der Waals surface area contributed by atoms with Gasteiger partial charge in [-0.3, -0.25) is 9.69 Å². The molecule has 1 unspecified atom stereocenters. The predicted octanol–water partition coefficient (Wildman–Crippen LogP) is 7.46. The monoisotopic (exact) mass is 547 g/mol. The van der Waals surface area contributed by atoms with Crippen molar-refractivity contribution in [2.24, 2.45) is 0 Å². The van der Waals surface area contributed by atoms with Crippen LogP contribution in [0.4, 0.5) is 0 Å². The Morgan fingerprint density at radius 3 is 2.42 bits per heavy atom. The zero-order chi connectivity index (χ0) is 26.9. The molecule has 3 aromatic carbocycles. The van der Waals surface area contributed by atoms with Crippen molar-refractivity contribution >= 4 is 40.3 Å². The molecule has 1 fully saturated rings. The second-order valence-corrected chi connectivity index (χ2v) is 10.8. The molecule has 1 heterocycles. The third kappa shape index (κ3) is 7.17. The van der Waals surface area contributed by atoms with Gasteiger partial charge in [0.15, 0.2) is 11.5 Å². The first-order valence-corrected chi connectivity index (χ1v) is 14.0. The normalized spacial score (nSPS) is 15.1. The standard InChI is InChI=1S/C31H33NO4S2/c1-4-22(2)25-12-14-26(15-13-25)35-17-8-18-36-27-16-11-24(19-28(27)34-3)20-29-30(33)32(31(37)38-29)21-23-9-6-5-7-10-23/h5-7,9-16,19-20,22H,4,8,17-18,21H2,1-3H3. The van der Waals surface area contributed by atoms with Crippen molar-refractivity contribution in [3.8, 4) is 17.2 Å². The fourth-order valence-electron chi connectivity index (χ4n) is 4.01. The van der Waals surface area contributed by atoms with Crippen molar-refractivity contribution in [3.05, 3.63) is 94.4 Å². The number of carbonyl (C=O) groups excluding carboxylic acids is 1. The summed E-state index contributed by atoms with van der Waals surface area (Å²) >= 11 is 6.79. The Hall–Kier alpha value is -3.29. The van der Waals surface area contributed by atoms with Gasteiger partial charge in [-0.2, -0.15) is 0 Å². The van der Waals surface area contributed by atoms with Gasteiger partial charge < -0.3 is 14.2 Å². The molecule has 0 aliphatic carbocycles. The molecule has 4 rings (SSSR count). The van der Waals surface area contributed by atoms with E-state index in [0.717, 1.165) is 29.7 Å². The van der Waals surface area contributed by atoms with E-state index in [-0.39, 0.29) is 5.91 Å². The van der Waals surface area contributed by atoms with Crippen LogP contribution in [0.5, 0.6) is 17.2 Å². The lowest BCUT2D eigenvalue weighted by Crippen LogP contribution is -2.27. The number of rotatable bonds is 12. The third-order valence-corrected chi connectivity index (χ3v) is 7.80. The average Bonchev–Trinajstić information content (AvgIpc) is 3.21. The van der Waals surface area contributed by atoms with Gasteiger partial charge in [-0.05, 0) is 59.4 Å². The quantitative estimate of drug-likeness (QED) is 0.133. The van der Waals surface area contributed by atoms with Gasteiger partial charge in [0.2, 0.25) is 0 Å². The molecule has 1 amide bonds. The van der Waals surface area contributed by atoms with Crippen LogP contribution in [0.15, 0.2) is 77.7 Å². The number of hydrogen-bond donors (Lipinski definition) is 0. The number of thiocarbonyl (C=S) groups is 1. The molecule has 0 saturated carbocycles. The summed E-state index contributed by atoms with van der Waals surface area (Å²) in [6.45, 7) is 5.95. The first kappa shape index (κ1) is 27.7. The van der Waals surface area contributed by atoms with E-state index >= 15 is 0 Å². The summed E-state index contributed by atoms with van der Waals surface area (Å²) in [5, 5.41) is 0. The van der Waals surface area contributed by atoms with Crippen LogP contribution in [0.1, 0.15) is 49.3 Å². The second kappa shape index (κ2) is 13.5. The van der Waals surface area contributed by atoms with Crippen LogP contribution in [0.2, 0.25) is 0 Å². The van der Waals surface area contributed by atoms with Gasteiger partial charge in [0.25, 0.3) is 5.91 Å². The molecule has 198 valence electrons. The summed E-state index contributed by atoms with van der Waals surface area (Å²) in [6, 6.07) is 23.8. The summed E-state index contributed by atoms with van der Waals surface area (Å²) in [6.07, 6.45) is 3.71. The molecule has 5 nitrogen and oxygen atoms in total. The molecular weight excluding hydrogens is 514 g/mol. The van der Waals surface area contributed by atoms with E-state index in [1.54, 1.807) is 12.0 Å². The van der Waals surface area contributed by atoms with E-state index in [9.17, 15) is 4.79 Å². The largest absolute Gasteiger partial charge is 0.493 e. The van der Waals surface area contributed by atoms with Crippen molar-refractivity contribution < 1.29 is 19.0 Å². The third-order valence-electron chi connectivity index (χ3n) is 6.42. The zero-order valence-corrected chi connectivity index (χ0v) is 23.6. The van der Waals surface area contributed by atoms with Gasteiger partial charge in [-0.1, -0.05) is 86.4 Å². The summed E-state index contributed by atoms with van der Waals surface area (Å²) in [7, 11) is 1.61. The summed E-state index contributed by atoms with van der Waals surface area (Å²) < 4.78 is 17.9. The molecule has 1 aliphatic heterocycles. The zero-order valence-electron chi connectivity index (χ0n) is 22.0. The van der Waals surface area contributed by atoms with Gasteiger partial charge in [0, 0.05) is 6.42 Å². The van der Waals surface area contributed by atoms with Crippen LogP contribution in [0, 0.1) is 0 Å². The molecule has 0 N–H and O–H groups in total. The number of methoxy groups -OCH3 is 1. The highest BCUT2D eigenvalue weighted by Crippen LogP contribution is 2.35. The Labute approximate surface area is 234 Å². The van der Waals surface area contributed by atoms with Crippen LogP contribution >= 0.6 is 24.0 Å². The van der Waals surface area contributed by atoms with E-state index in [2.05, 4.69) is 26.0 Å². The van der Waals surface area contributed by atoms with Crippen LogP contribution in [0.3, 0.4) is 0 Å². The first-order valence-electron chi connectivity index (χ1n) is 12.8. The van der Waals surface area contributed by atoms with Gasteiger partial charge in [0.1, 0.15) is 10.1 Å². The van der Waals surface area contributed by atoms with Crippen LogP contribution in [-0.4, -0.2) is 35.5 Å². The molecule has 0 aromatic heterocycles. The summed E-state index contributed by atoms with van der Waals surface area (Å²) in [5.74, 6) is 2.60. The van der Waals surface area contributed by atoms with Gasteiger partial charge in [-0.25, -0.2) is 0 Å². The Kier molecular flexibility index (Phi) is 9.85. The highest BCUT2D eigenvalue weighted by atomic mass is 32.2. The minimum absolute atomic E-state index is 0.0855. The number of hydrogen-bond acceptors (Lipinski definition) is 6. The Balaban J connectivity index is 1.30. The number of thioether (sulfide) groups is 1. The van der Waals surface area contributed by atoms with E-state index in [1.807, 2.05) is 66.7 Å². The molecule has 0 radical (unpaired) electrons. The number of amides is 1. The second-order valence-electron chi connectivity index (χ2n) is 9.09. The fourth-order valence-corrected chi connectivity index (χ4v) is 5.26. The molecule has 1 atom stereocenters. The van der Waals surface area contributed by atoms with Gasteiger partial charge >= 0.3 is 0 Å². The molecule has 7 heteroatoms. The number of benzene rings is 3. The minimum Gasteiger partial charge on any atom is -0.493 e. The molecule has 38 heavy (non-hydrogen) atoms. The van der Waals surface area contributed by atoms with E-state index < -0.39 is 0 Å². The van der Waals surface area contributed by atoms with E-state index in [0.29, 0.717) is 46.4 Å². The van der Waals surface area contributed by atoms with Gasteiger partial charge in [0.05, 0.1) is 31.8 Å². The van der Waals surface area contributed by atoms with E-state index in [4.69, 9.17) is 26.4 Å². The number of carbonyl (C=O) groups is 1. The van der Waals surface area contributed by atoms with Crippen LogP contribution in [-0.2, 0) is 11.3 Å². The molecule has 1 aliphatic rings. The molecule has 0 bridgehead atoms. The maximum Gasteiger partial charge on any atom is 0.266 e. The van der Waals surface area contributed by atoms with Crippen molar-refractivity contribution in [1.29, 1.82) is 0 Å². The highest BCUT2D eigenvalue weighted by Gasteiger charge is 2.32.